The number of amides is 1. The molecular formula is C16H15N3O2. The molecule has 1 amide bonds. The van der Waals surface area contributed by atoms with Gasteiger partial charge in [0, 0.05) is 10.9 Å². The molecule has 3 aromatic rings. The Bertz CT molecular complexity index is 791. The first-order valence-electron chi connectivity index (χ1n) is 6.55. The minimum absolute atomic E-state index is 0.431. The van der Waals surface area contributed by atoms with Crippen molar-refractivity contribution in [3.63, 3.8) is 0 Å². The molecule has 0 saturated carbocycles. The van der Waals surface area contributed by atoms with Gasteiger partial charge in [0.25, 0.3) is 0 Å². The minimum Gasteiger partial charge on any atom is -0.497 e. The highest BCUT2D eigenvalue weighted by Gasteiger charge is 2.07. The number of rotatable bonds is 4. The molecule has 5 heteroatoms. The molecule has 1 heterocycles. The van der Waals surface area contributed by atoms with Crippen molar-refractivity contribution >= 4 is 16.8 Å². The van der Waals surface area contributed by atoms with Crippen LogP contribution in [0.4, 0.5) is 0 Å². The number of ether oxygens (including phenoxy) is 1. The Kier molecular flexibility index (Phi) is 3.31. The highest BCUT2D eigenvalue weighted by atomic mass is 16.5. The van der Waals surface area contributed by atoms with Gasteiger partial charge in [-0.3, -0.25) is 9.48 Å². The molecule has 106 valence electrons. The van der Waals surface area contributed by atoms with Gasteiger partial charge in [-0.2, -0.15) is 5.10 Å². The van der Waals surface area contributed by atoms with Crippen molar-refractivity contribution in [2.75, 3.05) is 7.11 Å². The van der Waals surface area contributed by atoms with Crippen LogP contribution in [0.2, 0.25) is 0 Å². The SMILES string of the molecule is COc1ccc(Cn2ncc3cc(C(N)=O)ccc32)cc1. The number of aromatic nitrogens is 2. The highest BCUT2D eigenvalue weighted by molar-refractivity contribution is 5.96. The second-order valence-corrected chi connectivity index (χ2v) is 4.79. The lowest BCUT2D eigenvalue weighted by atomic mass is 10.1. The molecule has 0 atom stereocenters. The van der Waals surface area contributed by atoms with Crippen LogP contribution in [0.25, 0.3) is 10.9 Å². The van der Waals surface area contributed by atoms with E-state index in [-0.39, 0.29) is 0 Å². The lowest BCUT2D eigenvalue weighted by molar-refractivity contribution is 0.100. The van der Waals surface area contributed by atoms with Crippen LogP contribution in [-0.4, -0.2) is 22.8 Å². The fourth-order valence-electron chi connectivity index (χ4n) is 2.27. The number of primary amides is 1. The van der Waals surface area contributed by atoms with Gasteiger partial charge in [-0.15, -0.1) is 0 Å². The van der Waals surface area contributed by atoms with E-state index in [0.29, 0.717) is 12.1 Å². The Morgan fingerprint density at radius 1 is 1.24 bits per heavy atom. The Morgan fingerprint density at radius 2 is 2.00 bits per heavy atom. The molecule has 0 spiro atoms. The quantitative estimate of drug-likeness (QED) is 0.797. The zero-order valence-electron chi connectivity index (χ0n) is 11.6. The minimum atomic E-state index is -0.431. The van der Waals surface area contributed by atoms with Crippen molar-refractivity contribution in [3.8, 4) is 5.75 Å². The third kappa shape index (κ3) is 2.58. The Morgan fingerprint density at radius 3 is 2.67 bits per heavy atom. The van der Waals surface area contributed by atoms with Crippen LogP contribution in [0, 0.1) is 0 Å². The normalized spacial score (nSPS) is 10.7. The van der Waals surface area contributed by atoms with Gasteiger partial charge in [0.2, 0.25) is 5.91 Å². The van der Waals surface area contributed by atoms with Crippen molar-refractivity contribution in [2.24, 2.45) is 5.73 Å². The van der Waals surface area contributed by atoms with Crippen LogP contribution in [-0.2, 0) is 6.54 Å². The fourth-order valence-corrected chi connectivity index (χ4v) is 2.27. The number of hydrogen-bond donors (Lipinski definition) is 1. The Labute approximate surface area is 121 Å². The summed E-state index contributed by atoms with van der Waals surface area (Å²) in [6, 6.07) is 13.2. The molecule has 0 saturated heterocycles. The molecule has 0 aliphatic heterocycles. The average Bonchev–Trinajstić information content (AvgIpc) is 2.90. The topological polar surface area (TPSA) is 70.1 Å². The van der Waals surface area contributed by atoms with E-state index in [1.54, 1.807) is 25.4 Å². The lowest BCUT2D eigenvalue weighted by Gasteiger charge is -2.05. The maximum absolute atomic E-state index is 11.2. The Balaban J connectivity index is 1.91. The summed E-state index contributed by atoms with van der Waals surface area (Å²) in [7, 11) is 1.65. The molecule has 0 aliphatic rings. The summed E-state index contributed by atoms with van der Waals surface area (Å²) in [6.07, 6.45) is 1.74. The molecular weight excluding hydrogens is 266 g/mol. The van der Waals surface area contributed by atoms with E-state index in [1.165, 1.54) is 0 Å². The summed E-state index contributed by atoms with van der Waals surface area (Å²) >= 11 is 0. The molecule has 0 aliphatic carbocycles. The van der Waals surface area contributed by atoms with E-state index < -0.39 is 5.91 Å². The summed E-state index contributed by atoms with van der Waals surface area (Å²) in [5.41, 5.74) is 7.87. The summed E-state index contributed by atoms with van der Waals surface area (Å²) in [6.45, 7) is 0.656. The van der Waals surface area contributed by atoms with E-state index in [4.69, 9.17) is 10.5 Å². The van der Waals surface area contributed by atoms with Crippen LogP contribution in [0.15, 0.2) is 48.7 Å². The number of fused-ring (bicyclic) bond motifs is 1. The fraction of sp³-hybridized carbons (Fsp3) is 0.125. The highest BCUT2D eigenvalue weighted by Crippen LogP contribution is 2.18. The average molecular weight is 281 g/mol. The molecule has 3 rings (SSSR count). The third-order valence-electron chi connectivity index (χ3n) is 3.42. The molecule has 0 radical (unpaired) electrons. The monoisotopic (exact) mass is 281 g/mol. The number of benzene rings is 2. The number of carbonyl (C=O) groups excluding carboxylic acids is 1. The van der Waals surface area contributed by atoms with Gasteiger partial charge in [-0.25, -0.2) is 0 Å². The molecule has 0 fully saturated rings. The summed E-state index contributed by atoms with van der Waals surface area (Å²) in [5, 5.41) is 5.27. The zero-order valence-corrected chi connectivity index (χ0v) is 11.6. The lowest BCUT2D eigenvalue weighted by Crippen LogP contribution is -2.10. The third-order valence-corrected chi connectivity index (χ3v) is 3.42. The van der Waals surface area contributed by atoms with Gasteiger partial charge in [0.15, 0.2) is 0 Å². The molecule has 21 heavy (non-hydrogen) atoms. The predicted octanol–water partition coefficient (Wildman–Crippen LogP) is 2.19. The van der Waals surface area contributed by atoms with E-state index in [1.807, 2.05) is 35.0 Å². The van der Waals surface area contributed by atoms with Crippen LogP contribution in [0.3, 0.4) is 0 Å². The van der Waals surface area contributed by atoms with Crippen LogP contribution in [0.5, 0.6) is 5.75 Å². The second-order valence-electron chi connectivity index (χ2n) is 4.79. The molecule has 2 aromatic carbocycles. The molecule has 0 bridgehead atoms. The van der Waals surface area contributed by atoms with Crippen LogP contribution in [0.1, 0.15) is 15.9 Å². The number of methoxy groups -OCH3 is 1. The summed E-state index contributed by atoms with van der Waals surface area (Å²) in [4.78, 5) is 11.2. The van der Waals surface area contributed by atoms with E-state index in [0.717, 1.165) is 22.2 Å². The number of hydrogen-bond acceptors (Lipinski definition) is 3. The first kappa shape index (κ1) is 13.2. The van der Waals surface area contributed by atoms with Gasteiger partial charge in [0.05, 0.1) is 25.4 Å². The molecule has 5 nitrogen and oxygen atoms in total. The summed E-state index contributed by atoms with van der Waals surface area (Å²) in [5.74, 6) is 0.398. The first-order valence-corrected chi connectivity index (χ1v) is 6.55. The number of nitrogens with two attached hydrogens (primary N) is 1. The van der Waals surface area contributed by atoms with E-state index >= 15 is 0 Å². The maximum Gasteiger partial charge on any atom is 0.248 e. The van der Waals surface area contributed by atoms with Crippen molar-refractivity contribution in [1.82, 2.24) is 9.78 Å². The van der Waals surface area contributed by atoms with Crippen molar-refractivity contribution in [1.29, 1.82) is 0 Å². The van der Waals surface area contributed by atoms with E-state index in [2.05, 4.69) is 5.10 Å². The number of carbonyl (C=O) groups is 1. The maximum atomic E-state index is 11.2. The zero-order chi connectivity index (χ0) is 14.8. The molecule has 1 aromatic heterocycles. The van der Waals surface area contributed by atoms with Crippen LogP contribution < -0.4 is 10.5 Å². The number of nitrogens with zero attached hydrogens (tertiary/aromatic N) is 2. The van der Waals surface area contributed by atoms with Gasteiger partial charge in [0.1, 0.15) is 5.75 Å². The predicted molar refractivity (Wildman–Crippen MR) is 80.3 cm³/mol. The molecule has 2 N–H and O–H groups in total. The second kappa shape index (κ2) is 5.28. The standard InChI is InChI=1S/C16H15N3O2/c1-21-14-5-2-11(3-6-14)10-19-15-7-4-12(16(17)20)8-13(15)9-18-19/h2-9H,10H2,1H3,(H2,17,20). The van der Waals surface area contributed by atoms with Gasteiger partial charge < -0.3 is 10.5 Å². The summed E-state index contributed by atoms with van der Waals surface area (Å²) < 4.78 is 7.03. The first-order chi connectivity index (χ1) is 10.2. The van der Waals surface area contributed by atoms with E-state index in [9.17, 15) is 4.79 Å². The van der Waals surface area contributed by atoms with Crippen molar-refractivity contribution in [3.05, 3.63) is 59.8 Å². The molecule has 0 unspecified atom stereocenters. The largest absolute Gasteiger partial charge is 0.497 e. The van der Waals surface area contributed by atoms with Crippen molar-refractivity contribution < 1.29 is 9.53 Å². The van der Waals surface area contributed by atoms with Gasteiger partial charge >= 0.3 is 0 Å². The van der Waals surface area contributed by atoms with Gasteiger partial charge in [-0.05, 0) is 35.9 Å². The smallest absolute Gasteiger partial charge is 0.248 e. The van der Waals surface area contributed by atoms with Crippen molar-refractivity contribution in [2.45, 2.75) is 6.54 Å². The Hall–Kier alpha value is -2.82. The van der Waals surface area contributed by atoms with Gasteiger partial charge in [-0.1, -0.05) is 12.1 Å². The van der Waals surface area contributed by atoms with Crippen LogP contribution >= 0.6 is 0 Å².